The van der Waals surface area contributed by atoms with E-state index in [9.17, 15) is 9.59 Å². The summed E-state index contributed by atoms with van der Waals surface area (Å²) in [4.78, 5) is 24.3. The number of nitrogens with one attached hydrogen (secondary N) is 1. The Morgan fingerprint density at radius 2 is 2.24 bits per heavy atom. The smallest absolute Gasteiger partial charge is 0.318 e. The number of carboxylic acid groups (broad SMARTS) is 1. The molecule has 0 bridgehead atoms. The molecule has 1 unspecified atom stereocenters. The van der Waals surface area contributed by atoms with Crippen LogP contribution in [0.1, 0.15) is 20.3 Å². The van der Waals surface area contributed by atoms with Crippen LogP contribution in [0.15, 0.2) is 0 Å². The molecule has 0 aromatic heterocycles. The number of rotatable bonds is 3. The second-order valence-corrected chi connectivity index (χ2v) is 4.40. The van der Waals surface area contributed by atoms with E-state index in [4.69, 9.17) is 11.5 Å². The molecular formula is C12H18N2O3. The van der Waals surface area contributed by atoms with Crippen LogP contribution in [0.4, 0.5) is 4.79 Å². The van der Waals surface area contributed by atoms with Crippen LogP contribution in [-0.4, -0.2) is 41.1 Å². The number of amides is 2. The summed E-state index contributed by atoms with van der Waals surface area (Å²) in [7, 11) is 0. The molecule has 0 aromatic carbocycles. The topological polar surface area (TPSA) is 69.6 Å². The molecule has 1 aliphatic heterocycles. The lowest BCUT2D eigenvalue weighted by molar-refractivity contribution is -0.142. The number of likely N-dealkylation sites (tertiary alicyclic amines) is 1. The lowest BCUT2D eigenvalue weighted by atomic mass is 9.99. The average molecular weight is 238 g/mol. The molecule has 17 heavy (non-hydrogen) atoms. The van der Waals surface area contributed by atoms with Gasteiger partial charge in [0.15, 0.2) is 0 Å². The second-order valence-electron chi connectivity index (χ2n) is 4.40. The fraction of sp³-hybridized carbons (Fsp3) is 0.667. The van der Waals surface area contributed by atoms with Gasteiger partial charge in [0.25, 0.3) is 0 Å². The van der Waals surface area contributed by atoms with Crippen molar-refractivity contribution in [2.45, 2.75) is 26.3 Å². The fourth-order valence-corrected chi connectivity index (χ4v) is 1.96. The maximum atomic E-state index is 11.8. The van der Waals surface area contributed by atoms with Crippen molar-refractivity contribution < 1.29 is 14.7 Å². The van der Waals surface area contributed by atoms with Crippen LogP contribution in [0.2, 0.25) is 0 Å². The summed E-state index contributed by atoms with van der Waals surface area (Å²) >= 11 is 0. The number of hydrogen-bond acceptors (Lipinski definition) is 2. The molecule has 0 radical (unpaired) electrons. The van der Waals surface area contributed by atoms with Gasteiger partial charge in [-0.1, -0.05) is 19.8 Å². The minimum Gasteiger partial charge on any atom is -0.481 e. The Hall–Kier alpha value is -1.70. The van der Waals surface area contributed by atoms with Crippen molar-refractivity contribution in [3.05, 3.63) is 0 Å². The summed E-state index contributed by atoms with van der Waals surface area (Å²) in [5.74, 6) is 1.12. The van der Waals surface area contributed by atoms with E-state index in [1.165, 1.54) is 4.90 Å². The number of aliphatic carboxylic acids is 1. The Balaban J connectivity index is 2.56. The molecule has 1 aliphatic rings. The third kappa shape index (κ3) is 3.13. The highest BCUT2D eigenvalue weighted by atomic mass is 16.4. The van der Waals surface area contributed by atoms with Gasteiger partial charge in [-0.3, -0.25) is 4.79 Å². The van der Waals surface area contributed by atoms with Crippen LogP contribution in [0.3, 0.4) is 0 Å². The molecule has 5 heteroatoms. The lowest BCUT2D eigenvalue weighted by Crippen LogP contribution is -2.43. The standard InChI is InChI=1S/C12H18N2O3/c1-4-9(5-2)13-12(17)14-6-8(3)10(7-14)11(15)16/h1,8-10H,5-7H2,2-3H3,(H,13,17)(H,15,16)/t8-,9?,10-/m1/s1. The Bertz CT molecular complexity index is 348. The van der Waals surface area contributed by atoms with Crippen LogP contribution >= 0.6 is 0 Å². The van der Waals surface area contributed by atoms with Gasteiger partial charge in [-0.05, 0) is 12.3 Å². The molecule has 2 N–H and O–H groups in total. The average Bonchev–Trinajstić information content (AvgIpc) is 2.68. The third-order valence-corrected chi connectivity index (χ3v) is 3.12. The van der Waals surface area contributed by atoms with E-state index in [1.54, 1.807) is 0 Å². The summed E-state index contributed by atoms with van der Waals surface area (Å²) in [6, 6.07) is -0.563. The highest BCUT2D eigenvalue weighted by molar-refractivity contribution is 5.78. The number of urea groups is 1. The van der Waals surface area contributed by atoms with Crippen LogP contribution in [0.25, 0.3) is 0 Å². The van der Waals surface area contributed by atoms with Crippen molar-refractivity contribution in [1.29, 1.82) is 0 Å². The first-order valence-corrected chi connectivity index (χ1v) is 5.74. The van der Waals surface area contributed by atoms with Crippen LogP contribution < -0.4 is 5.32 Å². The van der Waals surface area contributed by atoms with E-state index in [0.717, 1.165) is 0 Å². The SMILES string of the molecule is C#CC(CC)NC(=O)N1C[C@@H](C)[C@H](C(=O)O)C1. The number of terminal acetylenes is 1. The van der Waals surface area contributed by atoms with Crippen molar-refractivity contribution in [1.82, 2.24) is 10.2 Å². The number of carbonyl (C=O) groups excluding carboxylic acids is 1. The normalized spacial score (nSPS) is 25.1. The van der Waals surface area contributed by atoms with Crippen molar-refractivity contribution in [2.24, 2.45) is 11.8 Å². The van der Waals surface area contributed by atoms with E-state index in [1.807, 2.05) is 13.8 Å². The summed E-state index contributed by atoms with van der Waals surface area (Å²) in [6.45, 7) is 4.44. The van der Waals surface area contributed by atoms with E-state index >= 15 is 0 Å². The second kappa shape index (κ2) is 5.58. The van der Waals surface area contributed by atoms with Crippen molar-refractivity contribution in [3.63, 3.8) is 0 Å². The molecule has 0 spiro atoms. The molecule has 5 nitrogen and oxygen atoms in total. The van der Waals surface area contributed by atoms with E-state index in [-0.39, 0.29) is 24.5 Å². The molecule has 94 valence electrons. The molecule has 0 aliphatic carbocycles. The Kier molecular flexibility index (Phi) is 4.38. The zero-order valence-corrected chi connectivity index (χ0v) is 10.1. The highest BCUT2D eigenvalue weighted by Gasteiger charge is 2.37. The summed E-state index contributed by atoms with van der Waals surface area (Å²) < 4.78 is 0. The monoisotopic (exact) mass is 238 g/mol. The molecule has 1 rings (SSSR count). The molecule has 1 saturated heterocycles. The quantitative estimate of drug-likeness (QED) is 0.713. The van der Waals surface area contributed by atoms with Gasteiger partial charge in [0.1, 0.15) is 0 Å². The number of carbonyl (C=O) groups is 2. The third-order valence-electron chi connectivity index (χ3n) is 3.12. The van der Waals surface area contributed by atoms with Gasteiger partial charge in [-0.25, -0.2) is 4.79 Å². The zero-order chi connectivity index (χ0) is 13.0. The zero-order valence-electron chi connectivity index (χ0n) is 10.1. The van der Waals surface area contributed by atoms with Crippen molar-refractivity contribution in [3.8, 4) is 12.3 Å². The molecule has 2 amide bonds. The van der Waals surface area contributed by atoms with E-state index in [0.29, 0.717) is 13.0 Å². The van der Waals surface area contributed by atoms with Gasteiger partial charge in [0.2, 0.25) is 0 Å². The maximum Gasteiger partial charge on any atom is 0.318 e. The minimum absolute atomic E-state index is 0.0239. The van der Waals surface area contributed by atoms with Gasteiger partial charge in [-0.15, -0.1) is 6.42 Å². The molecule has 0 aromatic rings. The van der Waals surface area contributed by atoms with Crippen molar-refractivity contribution in [2.75, 3.05) is 13.1 Å². The first-order valence-electron chi connectivity index (χ1n) is 5.74. The maximum absolute atomic E-state index is 11.8. The molecule has 1 fully saturated rings. The molecule has 0 saturated carbocycles. The summed E-state index contributed by atoms with van der Waals surface area (Å²) in [5.41, 5.74) is 0. The Morgan fingerprint density at radius 1 is 1.59 bits per heavy atom. The van der Waals surface area contributed by atoms with Crippen molar-refractivity contribution >= 4 is 12.0 Å². The number of hydrogen-bond donors (Lipinski definition) is 2. The van der Waals surface area contributed by atoms with Crippen LogP contribution in [0, 0.1) is 24.2 Å². The van der Waals surface area contributed by atoms with Gasteiger partial charge in [0.05, 0.1) is 12.0 Å². The highest BCUT2D eigenvalue weighted by Crippen LogP contribution is 2.23. The summed E-state index contributed by atoms with van der Waals surface area (Å²) in [5, 5.41) is 11.7. The lowest BCUT2D eigenvalue weighted by Gasteiger charge is -2.19. The van der Waals surface area contributed by atoms with Gasteiger partial charge < -0.3 is 15.3 Å². The van der Waals surface area contributed by atoms with Gasteiger partial charge in [0, 0.05) is 13.1 Å². The predicted octanol–water partition coefficient (Wildman–Crippen LogP) is 0.760. The van der Waals surface area contributed by atoms with Crippen LogP contribution in [0.5, 0.6) is 0 Å². The first kappa shape index (κ1) is 13.4. The van der Waals surface area contributed by atoms with Crippen LogP contribution in [-0.2, 0) is 4.79 Å². The largest absolute Gasteiger partial charge is 0.481 e. The van der Waals surface area contributed by atoms with Gasteiger partial charge in [-0.2, -0.15) is 0 Å². The first-order chi connectivity index (χ1) is 7.99. The Labute approximate surface area is 101 Å². The molecular weight excluding hydrogens is 220 g/mol. The Morgan fingerprint density at radius 3 is 2.65 bits per heavy atom. The fourth-order valence-electron chi connectivity index (χ4n) is 1.96. The number of nitrogens with zero attached hydrogens (tertiary/aromatic N) is 1. The van der Waals surface area contributed by atoms with E-state index < -0.39 is 11.9 Å². The summed E-state index contributed by atoms with van der Waals surface area (Å²) in [6.07, 6.45) is 5.92. The number of carboxylic acids is 1. The predicted molar refractivity (Wildman–Crippen MR) is 63.3 cm³/mol. The minimum atomic E-state index is -0.850. The van der Waals surface area contributed by atoms with Gasteiger partial charge >= 0.3 is 12.0 Å². The molecule has 1 heterocycles. The van der Waals surface area contributed by atoms with E-state index in [2.05, 4.69) is 11.2 Å². The molecule has 3 atom stereocenters.